The van der Waals surface area contributed by atoms with Crippen LogP contribution in [-0.2, 0) is 10.0 Å². The van der Waals surface area contributed by atoms with Crippen LogP contribution in [0, 0.1) is 5.82 Å². The molecule has 1 N–H and O–H groups in total. The highest BCUT2D eigenvalue weighted by Gasteiger charge is 2.32. The maximum absolute atomic E-state index is 14.0. The van der Waals surface area contributed by atoms with Gasteiger partial charge < -0.3 is 10.2 Å². The number of benzene rings is 2. The second-order valence-corrected chi connectivity index (χ2v) is 8.81. The Labute approximate surface area is 179 Å². The summed E-state index contributed by atoms with van der Waals surface area (Å²) < 4.78 is 40.7. The number of carbonyl (C=O) groups is 1. The molecule has 0 atom stereocenters. The lowest BCUT2D eigenvalue weighted by molar-refractivity contribution is 0.0698. The lowest BCUT2D eigenvalue weighted by Gasteiger charge is -2.34. The van der Waals surface area contributed by atoms with Crippen LogP contribution in [0.25, 0.3) is 0 Å². The van der Waals surface area contributed by atoms with Gasteiger partial charge in [0.15, 0.2) is 0 Å². The van der Waals surface area contributed by atoms with Gasteiger partial charge in [0.1, 0.15) is 10.7 Å². The van der Waals surface area contributed by atoms with E-state index in [1.54, 1.807) is 47.6 Å². The van der Waals surface area contributed by atoms with Crippen molar-refractivity contribution in [3.63, 3.8) is 0 Å². The lowest BCUT2D eigenvalue weighted by Crippen LogP contribution is -2.50. The molecule has 4 rings (SSSR count). The van der Waals surface area contributed by atoms with E-state index in [1.165, 1.54) is 22.5 Å². The topological polar surface area (TPSA) is 95.5 Å². The molecular formula is C21H20FN5O3S. The summed E-state index contributed by atoms with van der Waals surface area (Å²) in [5.74, 6) is -0.577. The molecule has 1 amide bonds. The number of nitrogens with zero attached hydrogens (tertiary/aromatic N) is 4. The van der Waals surface area contributed by atoms with Gasteiger partial charge in [-0.25, -0.2) is 22.8 Å². The minimum atomic E-state index is -3.95. The predicted octanol–water partition coefficient (Wildman–Crippen LogP) is 2.51. The van der Waals surface area contributed by atoms with Gasteiger partial charge in [0.05, 0.1) is 0 Å². The number of aromatic nitrogens is 2. The second kappa shape index (κ2) is 8.78. The van der Waals surface area contributed by atoms with Crippen molar-refractivity contribution in [1.82, 2.24) is 19.2 Å². The Bertz CT molecular complexity index is 1180. The zero-order valence-corrected chi connectivity index (χ0v) is 17.3. The molecule has 0 radical (unpaired) electrons. The lowest BCUT2D eigenvalue weighted by atomic mass is 10.1. The number of anilines is 2. The average Bonchev–Trinajstić information content (AvgIpc) is 2.80. The third kappa shape index (κ3) is 4.54. The third-order valence-corrected chi connectivity index (χ3v) is 6.84. The van der Waals surface area contributed by atoms with Crippen LogP contribution in [-0.4, -0.2) is 59.7 Å². The standard InChI is InChI=1S/C21H20FN5O3S/c22-18-7-1-2-8-19(18)31(29,30)27-13-11-26(12-14-27)20(28)16-5-3-6-17(15-16)25-21-23-9-4-10-24-21/h1-10,15H,11-14H2,(H,23,24,25). The first-order valence-electron chi connectivity index (χ1n) is 9.63. The van der Waals surface area contributed by atoms with Gasteiger partial charge in [0.25, 0.3) is 5.91 Å². The number of nitrogens with one attached hydrogen (secondary N) is 1. The van der Waals surface area contributed by atoms with Crippen molar-refractivity contribution in [2.24, 2.45) is 0 Å². The molecule has 1 aliphatic heterocycles. The highest BCUT2D eigenvalue weighted by atomic mass is 32.2. The van der Waals surface area contributed by atoms with Gasteiger partial charge in [-0.3, -0.25) is 4.79 Å². The smallest absolute Gasteiger partial charge is 0.254 e. The Hall–Kier alpha value is -3.37. The van der Waals surface area contributed by atoms with E-state index in [0.717, 1.165) is 6.07 Å². The van der Waals surface area contributed by atoms with Gasteiger partial charge in [-0.2, -0.15) is 4.31 Å². The summed E-state index contributed by atoms with van der Waals surface area (Å²) in [4.78, 5) is 22.4. The van der Waals surface area contributed by atoms with E-state index in [2.05, 4.69) is 15.3 Å². The Morgan fingerprint density at radius 3 is 2.35 bits per heavy atom. The first-order valence-corrected chi connectivity index (χ1v) is 11.1. The van der Waals surface area contributed by atoms with Crippen LogP contribution in [0.15, 0.2) is 71.9 Å². The van der Waals surface area contributed by atoms with E-state index < -0.39 is 15.8 Å². The molecule has 1 aliphatic rings. The average molecular weight is 441 g/mol. The van der Waals surface area contributed by atoms with Crippen molar-refractivity contribution in [3.05, 3.63) is 78.4 Å². The molecular weight excluding hydrogens is 421 g/mol. The minimum Gasteiger partial charge on any atom is -0.336 e. The van der Waals surface area contributed by atoms with Crippen molar-refractivity contribution >= 4 is 27.6 Å². The van der Waals surface area contributed by atoms with Crippen LogP contribution in [0.2, 0.25) is 0 Å². The molecule has 1 fully saturated rings. The molecule has 2 heterocycles. The molecule has 0 bridgehead atoms. The Kier molecular flexibility index (Phi) is 5.92. The predicted molar refractivity (Wildman–Crippen MR) is 113 cm³/mol. The van der Waals surface area contributed by atoms with Crippen molar-refractivity contribution in [1.29, 1.82) is 0 Å². The van der Waals surface area contributed by atoms with E-state index in [1.807, 2.05) is 0 Å². The number of amides is 1. The van der Waals surface area contributed by atoms with E-state index in [0.29, 0.717) is 17.2 Å². The number of carbonyl (C=O) groups excluding carboxylic acids is 1. The van der Waals surface area contributed by atoms with Crippen molar-refractivity contribution in [2.75, 3.05) is 31.5 Å². The molecule has 8 nitrogen and oxygen atoms in total. The monoisotopic (exact) mass is 441 g/mol. The van der Waals surface area contributed by atoms with Crippen LogP contribution in [0.4, 0.5) is 16.0 Å². The maximum Gasteiger partial charge on any atom is 0.254 e. The molecule has 0 aliphatic carbocycles. The zero-order chi connectivity index (χ0) is 21.8. The number of sulfonamides is 1. The normalized spacial score (nSPS) is 14.9. The fraction of sp³-hybridized carbons (Fsp3) is 0.190. The van der Waals surface area contributed by atoms with Gasteiger partial charge in [-0.1, -0.05) is 18.2 Å². The molecule has 1 saturated heterocycles. The molecule has 31 heavy (non-hydrogen) atoms. The number of piperazine rings is 1. The number of hydrogen-bond donors (Lipinski definition) is 1. The van der Waals surface area contributed by atoms with Gasteiger partial charge in [0.2, 0.25) is 16.0 Å². The quantitative estimate of drug-likeness (QED) is 0.654. The zero-order valence-electron chi connectivity index (χ0n) is 16.5. The van der Waals surface area contributed by atoms with Gasteiger partial charge >= 0.3 is 0 Å². The highest BCUT2D eigenvalue weighted by molar-refractivity contribution is 7.89. The van der Waals surface area contributed by atoms with Gasteiger partial charge in [-0.15, -0.1) is 0 Å². The molecule has 0 spiro atoms. The molecule has 3 aromatic rings. The number of rotatable bonds is 5. The Balaban J connectivity index is 1.43. The summed E-state index contributed by atoms with van der Waals surface area (Å²) in [6.07, 6.45) is 3.22. The number of halogens is 1. The number of hydrogen-bond acceptors (Lipinski definition) is 6. The molecule has 2 aromatic carbocycles. The van der Waals surface area contributed by atoms with E-state index in [9.17, 15) is 17.6 Å². The van der Waals surface area contributed by atoms with E-state index >= 15 is 0 Å². The van der Waals surface area contributed by atoms with Crippen molar-refractivity contribution < 1.29 is 17.6 Å². The second-order valence-electron chi connectivity index (χ2n) is 6.90. The van der Waals surface area contributed by atoms with Crippen LogP contribution in [0.3, 0.4) is 0 Å². The first-order chi connectivity index (χ1) is 14.9. The summed E-state index contributed by atoms with van der Waals surface area (Å²) in [5.41, 5.74) is 1.13. The first kappa shape index (κ1) is 20.9. The third-order valence-electron chi connectivity index (χ3n) is 4.91. The van der Waals surface area contributed by atoms with Gasteiger partial charge in [0, 0.05) is 49.8 Å². The fourth-order valence-electron chi connectivity index (χ4n) is 3.33. The van der Waals surface area contributed by atoms with Crippen LogP contribution >= 0.6 is 0 Å². The van der Waals surface area contributed by atoms with E-state index in [-0.39, 0.29) is 37.0 Å². The van der Waals surface area contributed by atoms with Crippen molar-refractivity contribution in [3.8, 4) is 0 Å². The van der Waals surface area contributed by atoms with Crippen LogP contribution < -0.4 is 5.32 Å². The Morgan fingerprint density at radius 1 is 0.935 bits per heavy atom. The SMILES string of the molecule is O=C(c1cccc(Nc2ncccn2)c1)N1CCN(S(=O)(=O)c2ccccc2F)CC1. The summed E-state index contributed by atoms with van der Waals surface area (Å²) >= 11 is 0. The summed E-state index contributed by atoms with van der Waals surface area (Å²) in [5, 5.41) is 3.04. The molecule has 0 saturated carbocycles. The van der Waals surface area contributed by atoms with Crippen molar-refractivity contribution in [2.45, 2.75) is 4.90 Å². The summed E-state index contributed by atoms with van der Waals surface area (Å²) in [6.45, 7) is 0.619. The van der Waals surface area contributed by atoms with Crippen LogP contribution in [0.1, 0.15) is 10.4 Å². The van der Waals surface area contributed by atoms with Gasteiger partial charge in [-0.05, 0) is 36.4 Å². The van der Waals surface area contributed by atoms with E-state index in [4.69, 9.17) is 0 Å². The highest BCUT2D eigenvalue weighted by Crippen LogP contribution is 2.22. The fourth-order valence-corrected chi connectivity index (χ4v) is 4.82. The minimum absolute atomic E-state index is 0.0954. The summed E-state index contributed by atoms with van der Waals surface area (Å²) in [6, 6.07) is 13.9. The molecule has 1 aromatic heterocycles. The largest absolute Gasteiger partial charge is 0.336 e. The molecule has 160 valence electrons. The molecule has 0 unspecified atom stereocenters. The molecule has 10 heteroatoms. The Morgan fingerprint density at radius 2 is 1.65 bits per heavy atom. The van der Waals surface area contributed by atoms with Crippen LogP contribution in [0.5, 0.6) is 0 Å². The summed E-state index contributed by atoms with van der Waals surface area (Å²) in [7, 11) is -3.95. The maximum atomic E-state index is 14.0.